The summed E-state index contributed by atoms with van der Waals surface area (Å²) in [6, 6.07) is 4.18. The lowest BCUT2D eigenvalue weighted by molar-refractivity contribution is 0.219. The van der Waals surface area contributed by atoms with E-state index < -0.39 is 0 Å². The molecule has 0 amide bonds. The highest BCUT2D eigenvalue weighted by Crippen LogP contribution is 2.49. The van der Waals surface area contributed by atoms with Crippen LogP contribution in [0.4, 0.5) is 0 Å². The van der Waals surface area contributed by atoms with Gasteiger partial charge in [-0.1, -0.05) is 6.08 Å². The number of hydrogen-bond acceptors (Lipinski definition) is 4. The Morgan fingerprint density at radius 1 is 1.40 bits per heavy atom. The van der Waals surface area contributed by atoms with Gasteiger partial charge in [-0.3, -0.25) is 9.47 Å². The van der Waals surface area contributed by atoms with Crippen LogP contribution in [-0.4, -0.2) is 32.8 Å². The Labute approximate surface area is 147 Å². The quantitative estimate of drug-likeness (QED) is 0.875. The van der Waals surface area contributed by atoms with Crippen molar-refractivity contribution >= 4 is 6.08 Å². The van der Waals surface area contributed by atoms with E-state index in [1.807, 2.05) is 36.6 Å². The van der Waals surface area contributed by atoms with Crippen molar-refractivity contribution in [2.45, 2.75) is 45.2 Å². The second kappa shape index (κ2) is 6.67. The zero-order valence-electron chi connectivity index (χ0n) is 14.9. The highest BCUT2D eigenvalue weighted by Gasteiger charge is 2.45. The van der Waals surface area contributed by atoms with E-state index in [0.29, 0.717) is 5.92 Å². The Balaban J connectivity index is 1.59. The SMILES string of the molecule is CC(C)n1c(C2C(C3CC3)CCN2C/C=C/c2ccco2)n[nH]c1=O. The molecule has 2 aromatic heterocycles. The molecule has 2 atom stereocenters. The van der Waals surface area contributed by atoms with Gasteiger partial charge in [0.2, 0.25) is 0 Å². The molecule has 1 saturated heterocycles. The third-order valence-corrected chi connectivity index (χ3v) is 5.45. The fraction of sp³-hybridized carbons (Fsp3) is 0.579. The first-order valence-electron chi connectivity index (χ1n) is 9.26. The van der Waals surface area contributed by atoms with Crippen molar-refractivity contribution in [2.24, 2.45) is 11.8 Å². The summed E-state index contributed by atoms with van der Waals surface area (Å²) in [5.41, 5.74) is -0.0995. The summed E-state index contributed by atoms with van der Waals surface area (Å²) in [7, 11) is 0. The maximum Gasteiger partial charge on any atom is 0.343 e. The molecular formula is C19H26N4O2. The van der Waals surface area contributed by atoms with Crippen molar-refractivity contribution in [1.82, 2.24) is 19.7 Å². The topological polar surface area (TPSA) is 67.1 Å². The van der Waals surface area contributed by atoms with E-state index in [1.165, 1.54) is 19.3 Å². The number of likely N-dealkylation sites (tertiary alicyclic amines) is 1. The summed E-state index contributed by atoms with van der Waals surface area (Å²) in [6.45, 7) is 5.98. The number of H-pyrrole nitrogens is 1. The van der Waals surface area contributed by atoms with E-state index in [1.54, 1.807) is 6.26 Å². The predicted octanol–water partition coefficient (Wildman–Crippen LogP) is 3.23. The Morgan fingerprint density at radius 3 is 2.92 bits per heavy atom. The lowest BCUT2D eigenvalue weighted by Gasteiger charge is -2.27. The zero-order chi connectivity index (χ0) is 17.4. The molecule has 2 aromatic rings. The molecule has 0 spiro atoms. The van der Waals surface area contributed by atoms with Crippen molar-refractivity contribution in [3.8, 4) is 0 Å². The minimum Gasteiger partial charge on any atom is -0.465 e. The Kier molecular flexibility index (Phi) is 4.37. The molecule has 2 unspecified atom stereocenters. The van der Waals surface area contributed by atoms with Gasteiger partial charge in [-0.05, 0) is 69.7 Å². The standard InChI is InChI=1S/C19H26N4O2/c1-13(2)23-18(20-21-19(23)24)17-16(14-7-8-14)9-11-22(17)10-3-5-15-6-4-12-25-15/h3-6,12-14,16-17H,7-11H2,1-2H3,(H,21,24)/b5-3+. The van der Waals surface area contributed by atoms with Gasteiger partial charge in [-0.2, -0.15) is 5.10 Å². The van der Waals surface area contributed by atoms with Gasteiger partial charge >= 0.3 is 5.69 Å². The number of aromatic nitrogens is 3. The van der Waals surface area contributed by atoms with Crippen LogP contribution in [0, 0.1) is 11.8 Å². The van der Waals surface area contributed by atoms with E-state index in [0.717, 1.165) is 30.6 Å². The average molecular weight is 342 g/mol. The van der Waals surface area contributed by atoms with E-state index >= 15 is 0 Å². The van der Waals surface area contributed by atoms with Gasteiger partial charge in [0, 0.05) is 12.6 Å². The number of furan rings is 1. The van der Waals surface area contributed by atoms with Crippen LogP contribution in [0.15, 0.2) is 33.7 Å². The third-order valence-electron chi connectivity index (χ3n) is 5.45. The van der Waals surface area contributed by atoms with Gasteiger partial charge in [0.05, 0.1) is 12.3 Å². The number of nitrogens with one attached hydrogen (secondary N) is 1. The van der Waals surface area contributed by atoms with E-state index in [9.17, 15) is 4.79 Å². The van der Waals surface area contributed by atoms with E-state index in [2.05, 4.69) is 21.2 Å². The highest BCUT2D eigenvalue weighted by molar-refractivity contribution is 5.42. The molecule has 2 fully saturated rings. The number of hydrogen-bond donors (Lipinski definition) is 1. The summed E-state index contributed by atoms with van der Waals surface area (Å²) in [6.07, 6.45) is 9.66. The fourth-order valence-electron chi connectivity index (χ4n) is 4.18. The minimum absolute atomic E-state index is 0.0995. The van der Waals surface area contributed by atoms with Crippen molar-refractivity contribution in [3.63, 3.8) is 0 Å². The summed E-state index contributed by atoms with van der Waals surface area (Å²) >= 11 is 0. The minimum atomic E-state index is -0.0995. The normalized spacial score (nSPS) is 24.8. The van der Waals surface area contributed by atoms with Crippen LogP contribution in [0.5, 0.6) is 0 Å². The molecule has 0 aromatic carbocycles. The van der Waals surface area contributed by atoms with Crippen LogP contribution in [-0.2, 0) is 0 Å². The van der Waals surface area contributed by atoms with Gasteiger partial charge < -0.3 is 4.42 Å². The number of aromatic amines is 1. The first kappa shape index (κ1) is 16.4. The van der Waals surface area contributed by atoms with Gasteiger partial charge in [0.15, 0.2) is 5.82 Å². The van der Waals surface area contributed by atoms with Crippen LogP contribution in [0.3, 0.4) is 0 Å². The monoisotopic (exact) mass is 342 g/mol. The van der Waals surface area contributed by atoms with Crippen molar-refractivity contribution in [3.05, 3.63) is 46.5 Å². The lowest BCUT2D eigenvalue weighted by atomic mass is 9.94. The maximum atomic E-state index is 12.2. The van der Waals surface area contributed by atoms with Gasteiger partial charge in [0.25, 0.3) is 0 Å². The van der Waals surface area contributed by atoms with Crippen LogP contribution in [0.1, 0.15) is 56.8 Å². The molecule has 3 heterocycles. The molecule has 134 valence electrons. The first-order valence-corrected chi connectivity index (χ1v) is 9.26. The van der Waals surface area contributed by atoms with Crippen LogP contribution < -0.4 is 5.69 Å². The lowest BCUT2D eigenvalue weighted by Crippen LogP contribution is -2.31. The van der Waals surface area contributed by atoms with Crippen molar-refractivity contribution < 1.29 is 4.42 Å². The molecule has 4 rings (SSSR count). The molecule has 0 bridgehead atoms. The average Bonchev–Trinajstić information content (AvgIpc) is 2.97. The molecule has 1 aliphatic carbocycles. The molecular weight excluding hydrogens is 316 g/mol. The molecule has 25 heavy (non-hydrogen) atoms. The van der Waals surface area contributed by atoms with Crippen molar-refractivity contribution in [1.29, 1.82) is 0 Å². The van der Waals surface area contributed by atoms with Crippen LogP contribution in [0.2, 0.25) is 0 Å². The van der Waals surface area contributed by atoms with Crippen molar-refractivity contribution in [2.75, 3.05) is 13.1 Å². The van der Waals surface area contributed by atoms with Crippen LogP contribution in [0.25, 0.3) is 6.08 Å². The molecule has 6 nitrogen and oxygen atoms in total. The summed E-state index contributed by atoms with van der Waals surface area (Å²) < 4.78 is 7.19. The Bertz CT molecular complexity index is 783. The summed E-state index contributed by atoms with van der Waals surface area (Å²) in [5.74, 6) is 3.16. The predicted molar refractivity (Wildman–Crippen MR) is 96.1 cm³/mol. The molecule has 6 heteroatoms. The second-order valence-electron chi connectivity index (χ2n) is 7.50. The smallest absolute Gasteiger partial charge is 0.343 e. The molecule has 0 radical (unpaired) electrons. The number of nitrogens with zero attached hydrogens (tertiary/aromatic N) is 3. The molecule has 2 aliphatic rings. The third kappa shape index (κ3) is 3.23. The van der Waals surface area contributed by atoms with E-state index in [-0.39, 0.29) is 17.8 Å². The second-order valence-corrected chi connectivity index (χ2v) is 7.50. The fourth-order valence-corrected chi connectivity index (χ4v) is 4.18. The van der Waals surface area contributed by atoms with E-state index in [4.69, 9.17) is 4.42 Å². The summed E-state index contributed by atoms with van der Waals surface area (Å²) in [5, 5.41) is 7.10. The highest BCUT2D eigenvalue weighted by atomic mass is 16.3. The summed E-state index contributed by atoms with van der Waals surface area (Å²) in [4.78, 5) is 14.7. The maximum absolute atomic E-state index is 12.2. The van der Waals surface area contributed by atoms with Crippen LogP contribution >= 0.6 is 0 Å². The Morgan fingerprint density at radius 2 is 2.24 bits per heavy atom. The Hall–Kier alpha value is -2.08. The molecule has 1 saturated carbocycles. The first-order chi connectivity index (χ1) is 12.1. The number of rotatable bonds is 6. The van der Waals surface area contributed by atoms with Gasteiger partial charge in [0.1, 0.15) is 5.76 Å². The zero-order valence-corrected chi connectivity index (χ0v) is 14.9. The van der Waals surface area contributed by atoms with Gasteiger partial charge in [-0.25, -0.2) is 9.89 Å². The molecule has 1 N–H and O–H groups in total. The molecule has 1 aliphatic heterocycles. The van der Waals surface area contributed by atoms with Gasteiger partial charge in [-0.15, -0.1) is 0 Å². The largest absolute Gasteiger partial charge is 0.465 e.